The maximum atomic E-state index is 3.70. The molecule has 0 atom stereocenters. The van der Waals surface area contributed by atoms with E-state index >= 15 is 0 Å². The summed E-state index contributed by atoms with van der Waals surface area (Å²) < 4.78 is 0. The van der Waals surface area contributed by atoms with Crippen LogP contribution in [0.3, 0.4) is 0 Å². The first-order chi connectivity index (χ1) is 5.25. The van der Waals surface area contributed by atoms with Crippen LogP contribution in [0.25, 0.3) is 0 Å². The molecule has 0 aliphatic heterocycles. The largest absolute Gasteiger partial charge is 0.194 e. The van der Waals surface area contributed by atoms with E-state index in [0.29, 0.717) is 5.92 Å². The SMILES string of the molecule is C=C[CH-]C1=C(C(C)C)C=CC1.[Ni]. The Balaban J connectivity index is 0.00000121. The Bertz CT molecular complexity index is 209. The Labute approximate surface area is 85.4 Å². The molecular weight excluding hydrogens is 191 g/mol. The zero-order valence-electron chi connectivity index (χ0n) is 7.62. The molecule has 1 aliphatic carbocycles. The molecule has 0 saturated heterocycles. The summed E-state index contributed by atoms with van der Waals surface area (Å²) in [6.07, 6.45) is 9.49. The number of rotatable bonds is 3. The molecule has 0 N–H and O–H groups in total. The van der Waals surface area contributed by atoms with Crippen molar-refractivity contribution in [3.8, 4) is 0 Å². The van der Waals surface area contributed by atoms with E-state index in [1.807, 2.05) is 6.08 Å². The molecule has 0 amide bonds. The van der Waals surface area contributed by atoms with Crippen LogP contribution < -0.4 is 0 Å². The first kappa shape index (κ1) is 11.6. The number of hydrogen-bond donors (Lipinski definition) is 0. The van der Waals surface area contributed by atoms with Gasteiger partial charge < -0.3 is 0 Å². The third kappa shape index (κ3) is 2.57. The summed E-state index contributed by atoms with van der Waals surface area (Å²) in [6, 6.07) is 0. The second kappa shape index (κ2) is 5.27. The minimum absolute atomic E-state index is 0. The number of allylic oxidation sites excluding steroid dienone is 5. The van der Waals surface area contributed by atoms with Crippen molar-refractivity contribution in [3.05, 3.63) is 42.4 Å². The second-order valence-electron chi connectivity index (χ2n) is 3.14. The quantitative estimate of drug-likeness (QED) is 0.490. The van der Waals surface area contributed by atoms with Crippen LogP contribution in [-0.4, -0.2) is 0 Å². The molecule has 0 heterocycles. The van der Waals surface area contributed by atoms with Crippen molar-refractivity contribution in [2.75, 3.05) is 0 Å². The van der Waals surface area contributed by atoms with Gasteiger partial charge in [0.1, 0.15) is 0 Å². The molecule has 0 spiro atoms. The maximum absolute atomic E-state index is 3.70. The average molecular weight is 206 g/mol. The van der Waals surface area contributed by atoms with Crippen molar-refractivity contribution >= 4 is 0 Å². The van der Waals surface area contributed by atoms with Gasteiger partial charge >= 0.3 is 0 Å². The first-order valence-corrected chi connectivity index (χ1v) is 4.11. The zero-order chi connectivity index (χ0) is 8.27. The van der Waals surface area contributed by atoms with Crippen LogP contribution >= 0.6 is 0 Å². The predicted octanol–water partition coefficient (Wildman–Crippen LogP) is 3.29. The van der Waals surface area contributed by atoms with Crippen molar-refractivity contribution in [1.29, 1.82) is 0 Å². The molecule has 0 aromatic heterocycles. The molecule has 0 aromatic carbocycles. The van der Waals surface area contributed by atoms with Crippen LogP contribution in [0, 0.1) is 12.3 Å². The van der Waals surface area contributed by atoms with Crippen LogP contribution in [0.2, 0.25) is 0 Å². The van der Waals surface area contributed by atoms with Crippen LogP contribution in [0.4, 0.5) is 0 Å². The van der Waals surface area contributed by atoms with Gasteiger partial charge in [-0.25, -0.2) is 0 Å². The van der Waals surface area contributed by atoms with Crippen molar-refractivity contribution in [2.24, 2.45) is 5.92 Å². The summed E-state index contributed by atoms with van der Waals surface area (Å²) in [6.45, 7) is 8.15. The zero-order valence-corrected chi connectivity index (χ0v) is 8.60. The first-order valence-electron chi connectivity index (χ1n) is 4.11. The molecule has 0 aromatic rings. The van der Waals surface area contributed by atoms with Crippen LogP contribution in [0.15, 0.2) is 36.0 Å². The molecule has 1 rings (SSSR count). The van der Waals surface area contributed by atoms with Gasteiger partial charge in [-0.05, 0) is 6.42 Å². The van der Waals surface area contributed by atoms with Crippen LogP contribution in [0.5, 0.6) is 0 Å². The maximum Gasteiger partial charge on any atom is 0 e. The van der Waals surface area contributed by atoms with E-state index < -0.39 is 0 Å². The molecule has 1 heteroatoms. The number of hydrogen-bond acceptors (Lipinski definition) is 0. The fourth-order valence-corrected chi connectivity index (χ4v) is 1.41. The molecule has 0 saturated carbocycles. The van der Waals surface area contributed by atoms with Crippen molar-refractivity contribution in [1.82, 2.24) is 0 Å². The molecule has 0 radical (unpaired) electrons. The van der Waals surface area contributed by atoms with Gasteiger partial charge in [0.05, 0.1) is 0 Å². The van der Waals surface area contributed by atoms with Crippen molar-refractivity contribution in [2.45, 2.75) is 20.3 Å². The smallest absolute Gasteiger partial charge is 0 e. The van der Waals surface area contributed by atoms with Gasteiger partial charge in [0.2, 0.25) is 0 Å². The van der Waals surface area contributed by atoms with Crippen LogP contribution in [-0.2, 0) is 16.5 Å². The summed E-state index contributed by atoms with van der Waals surface area (Å²) in [7, 11) is 0. The van der Waals surface area contributed by atoms with E-state index in [1.54, 1.807) is 0 Å². The van der Waals surface area contributed by atoms with Crippen molar-refractivity contribution in [3.63, 3.8) is 0 Å². The van der Waals surface area contributed by atoms with E-state index in [-0.39, 0.29) is 16.5 Å². The molecule has 0 nitrogen and oxygen atoms in total. The normalized spacial score (nSPS) is 14.9. The minimum Gasteiger partial charge on any atom is -0.194 e. The van der Waals surface area contributed by atoms with Crippen molar-refractivity contribution < 1.29 is 16.5 Å². The van der Waals surface area contributed by atoms with E-state index in [1.165, 1.54) is 11.1 Å². The third-order valence-electron chi connectivity index (χ3n) is 1.95. The molecular formula is C11H15Ni-. The fraction of sp³-hybridized carbons (Fsp3) is 0.364. The third-order valence-corrected chi connectivity index (χ3v) is 1.95. The standard InChI is InChI=1S/C11H15.Ni/c1-4-6-10-7-5-8-11(10)9(2)3;/h4-6,8-9H,1,7H2,2-3H3;/q-1;. The summed E-state index contributed by atoms with van der Waals surface area (Å²) in [5.41, 5.74) is 2.89. The van der Waals surface area contributed by atoms with E-state index in [2.05, 4.69) is 39.0 Å². The minimum atomic E-state index is 0. The monoisotopic (exact) mass is 205 g/mol. The summed E-state index contributed by atoms with van der Waals surface area (Å²) in [5.74, 6) is 0.639. The van der Waals surface area contributed by atoms with Gasteiger partial charge in [-0.15, -0.1) is 17.2 Å². The van der Waals surface area contributed by atoms with E-state index in [9.17, 15) is 0 Å². The average Bonchev–Trinajstić information content (AvgIpc) is 2.36. The van der Waals surface area contributed by atoms with Gasteiger partial charge in [0, 0.05) is 16.5 Å². The van der Waals surface area contributed by atoms with Gasteiger partial charge in [0.25, 0.3) is 0 Å². The Morgan fingerprint density at radius 3 is 2.75 bits per heavy atom. The molecule has 1 aliphatic rings. The summed E-state index contributed by atoms with van der Waals surface area (Å²) >= 11 is 0. The van der Waals surface area contributed by atoms with Crippen LogP contribution in [0.1, 0.15) is 20.3 Å². The Morgan fingerprint density at radius 2 is 2.25 bits per heavy atom. The second-order valence-corrected chi connectivity index (χ2v) is 3.14. The van der Waals surface area contributed by atoms with E-state index in [4.69, 9.17) is 0 Å². The topological polar surface area (TPSA) is 0 Å². The predicted molar refractivity (Wildman–Crippen MR) is 50.1 cm³/mol. The molecule has 0 bridgehead atoms. The van der Waals surface area contributed by atoms with Gasteiger partial charge in [-0.2, -0.15) is 19.1 Å². The summed E-state index contributed by atoms with van der Waals surface area (Å²) in [4.78, 5) is 0. The van der Waals surface area contributed by atoms with E-state index in [0.717, 1.165) is 6.42 Å². The molecule has 70 valence electrons. The Kier molecular flexibility index (Phi) is 5.09. The summed E-state index contributed by atoms with van der Waals surface area (Å²) in [5, 5.41) is 0. The molecule has 0 unspecified atom stereocenters. The molecule has 12 heavy (non-hydrogen) atoms. The Hall–Kier alpha value is -0.416. The van der Waals surface area contributed by atoms with Gasteiger partial charge in [-0.3, -0.25) is 0 Å². The van der Waals surface area contributed by atoms with Gasteiger partial charge in [0.15, 0.2) is 0 Å². The van der Waals surface area contributed by atoms with Gasteiger partial charge in [-0.1, -0.05) is 25.8 Å². The fourth-order valence-electron chi connectivity index (χ4n) is 1.41. The molecule has 0 fully saturated rings. The Morgan fingerprint density at radius 1 is 1.58 bits per heavy atom.